The normalized spacial score (nSPS) is 21.6. The first-order chi connectivity index (χ1) is 21.7. The fourth-order valence-corrected chi connectivity index (χ4v) is 6.87. The molecule has 2 atom stereocenters. The molecule has 3 amide bonds. The molecule has 3 N–H and O–H groups in total. The molecule has 2 aromatic carbocycles. The molecule has 244 valence electrons. The molecule has 3 aliphatic heterocycles. The first-order valence-corrected chi connectivity index (χ1v) is 16.8. The van der Waals surface area contributed by atoms with Gasteiger partial charge in [-0.2, -0.15) is 0 Å². The molecule has 3 fully saturated rings. The number of ether oxygens (including phenoxy) is 1. The van der Waals surface area contributed by atoms with Crippen molar-refractivity contribution >= 4 is 23.4 Å². The van der Waals surface area contributed by atoms with E-state index in [4.69, 9.17) is 4.74 Å². The van der Waals surface area contributed by atoms with Gasteiger partial charge in [0.1, 0.15) is 11.6 Å². The Labute approximate surface area is 267 Å². The number of unbranched alkanes of at least 4 members (excludes halogenated alkanes) is 1. The molecule has 3 aliphatic rings. The molecule has 0 unspecified atom stereocenters. The van der Waals surface area contributed by atoms with E-state index in [0.717, 1.165) is 44.6 Å². The monoisotopic (exact) mass is 618 g/mol. The van der Waals surface area contributed by atoms with Gasteiger partial charge >= 0.3 is 0 Å². The number of piperazine rings is 1. The Morgan fingerprint density at radius 2 is 1.60 bits per heavy atom. The number of hydrogen-bond acceptors (Lipinski definition) is 6. The summed E-state index contributed by atoms with van der Waals surface area (Å²) < 4.78 is 5.44. The molecule has 2 aromatic rings. The first-order valence-electron chi connectivity index (χ1n) is 16.8. The zero-order valence-corrected chi connectivity index (χ0v) is 27.1. The Hall–Kier alpha value is -3.27. The Morgan fingerprint density at radius 3 is 2.20 bits per heavy atom. The number of piperidine rings is 1. The average molecular weight is 619 g/mol. The molecule has 0 radical (unpaired) electrons. The van der Waals surface area contributed by atoms with E-state index in [2.05, 4.69) is 58.9 Å². The topological polar surface area (TPSA) is 111 Å². The predicted octanol–water partition coefficient (Wildman–Crippen LogP) is 4.12. The molecular formula is C36H50N4O5. The predicted molar refractivity (Wildman–Crippen MR) is 175 cm³/mol. The summed E-state index contributed by atoms with van der Waals surface area (Å²) in [6, 6.07) is 15.8. The van der Waals surface area contributed by atoms with E-state index >= 15 is 0 Å². The van der Waals surface area contributed by atoms with Crippen LogP contribution in [0, 0.1) is 11.8 Å². The molecule has 9 nitrogen and oxygen atoms in total. The highest BCUT2D eigenvalue weighted by Crippen LogP contribution is 2.35. The summed E-state index contributed by atoms with van der Waals surface area (Å²) >= 11 is 0. The highest BCUT2D eigenvalue weighted by atomic mass is 16.5. The largest absolute Gasteiger partial charge is 0.390 e. The van der Waals surface area contributed by atoms with Gasteiger partial charge in [0, 0.05) is 51.0 Å². The van der Waals surface area contributed by atoms with Crippen LogP contribution in [0.3, 0.4) is 0 Å². The standard InChI is InChI=1S/C36H50N4O5/c1-4-5-18-40-34(43)31(32(41)29-14-21-45-22-15-29)38-35(44)36(40)16-19-39(20-17-36)24-28-8-6-26(7-9-28)23-27-10-12-30(13-11-27)37-33(42)25(2)3/h6-13,25,29,31-32,41H,4-5,14-24H2,1-3H3,(H,37,42)(H,38,44)/t31-,32-/m1/s1. The van der Waals surface area contributed by atoms with Crippen LogP contribution in [0.2, 0.25) is 0 Å². The molecular weight excluding hydrogens is 568 g/mol. The van der Waals surface area contributed by atoms with Gasteiger partial charge in [-0.25, -0.2) is 0 Å². The molecule has 1 spiro atoms. The fourth-order valence-electron chi connectivity index (χ4n) is 6.87. The lowest BCUT2D eigenvalue weighted by Gasteiger charge is -2.52. The first kappa shape index (κ1) is 33.1. The number of rotatable bonds is 11. The minimum atomic E-state index is -0.897. The number of likely N-dealkylation sites (tertiary alicyclic amines) is 1. The minimum absolute atomic E-state index is 0.0149. The van der Waals surface area contributed by atoms with Crippen molar-refractivity contribution in [3.05, 3.63) is 65.2 Å². The third kappa shape index (κ3) is 7.76. The van der Waals surface area contributed by atoms with Crippen LogP contribution in [-0.2, 0) is 32.1 Å². The number of hydrogen-bond donors (Lipinski definition) is 3. The molecule has 0 aliphatic carbocycles. The quantitative estimate of drug-likeness (QED) is 0.350. The van der Waals surface area contributed by atoms with E-state index in [1.807, 2.05) is 30.9 Å². The molecule has 5 rings (SSSR count). The summed E-state index contributed by atoms with van der Waals surface area (Å²) in [5.74, 6) is -0.343. The lowest BCUT2D eigenvalue weighted by atomic mass is 9.79. The number of anilines is 1. The molecule has 0 aromatic heterocycles. The van der Waals surface area contributed by atoms with Crippen LogP contribution in [-0.4, -0.2) is 83.2 Å². The maximum atomic E-state index is 13.8. The maximum absolute atomic E-state index is 13.8. The number of benzene rings is 2. The summed E-state index contributed by atoms with van der Waals surface area (Å²) in [5.41, 5.74) is 3.57. The van der Waals surface area contributed by atoms with Crippen LogP contribution >= 0.6 is 0 Å². The second-order valence-corrected chi connectivity index (χ2v) is 13.4. The van der Waals surface area contributed by atoms with Crippen LogP contribution in [0.1, 0.15) is 76.0 Å². The maximum Gasteiger partial charge on any atom is 0.248 e. The number of amides is 3. The van der Waals surface area contributed by atoms with Crippen LogP contribution in [0.15, 0.2) is 48.5 Å². The summed E-state index contributed by atoms with van der Waals surface area (Å²) in [6.45, 7) is 9.77. The zero-order chi connectivity index (χ0) is 32.0. The average Bonchev–Trinajstić information content (AvgIpc) is 3.05. The van der Waals surface area contributed by atoms with Crippen molar-refractivity contribution in [1.29, 1.82) is 0 Å². The van der Waals surface area contributed by atoms with E-state index in [0.29, 0.717) is 45.4 Å². The lowest BCUT2D eigenvalue weighted by molar-refractivity contribution is -0.166. The Bertz CT molecular complexity index is 1300. The van der Waals surface area contributed by atoms with Crippen molar-refractivity contribution in [2.75, 3.05) is 38.2 Å². The second kappa shape index (κ2) is 14.9. The highest BCUT2D eigenvalue weighted by Gasteiger charge is 2.55. The molecule has 45 heavy (non-hydrogen) atoms. The third-order valence-corrected chi connectivity index (χ3v) is 9.85. The van der Waals surface area contributed by atoms with Crippen molar-refractivity contribution < 1.29 is 24.2 Å². The summed E-state index contributed by atoms with van der Waals surface area (Å²) in [6.07, 6.45) is 4.24. The van der Waals surface area contributed by atoms with Gasteiger partial charge in [-0.15, -0.1) is 0 Å². The van der Waals surface area contributed by atoms with Crippen molar-refractivity contribution in [2.24, 2.45) is 11.8 Å². The van der Waals surface area contributed by atoms with Crippen molar-refractivity contribution in [1.82, 2.24) is 15.1 Å². The van der Waals surface area contributed by atoms with Crippen LogP contribution in [0.5, 0.6) is 0 Å². The van der Waals surface area contributed by atoms with Crippen molar-refractivity contribution in [3.63, 3.8) is 0 Å². The van der Waals surface area contributed by atoms with Gasteiger partial charge < -0.3 is 25.4 Å². The van der Waals surface area contributed by atoms with Gasteiger partial charge in [-0.1, -0.05) is 63.6 Å². The smallest absolute Gasteiger partial charge is 0.248 e. The van der Waals surface area contributed by atoms with E-state index in [9.17, 15) is 19.5 Å². The fraction of sp³-hybridized carbons (Fsp3) is 0.583. The molecule has 9 heteroatoms. The summed E-state index contributed by atoms with van der Waals surface area (Å²) in [4.78, 5) is 43.7. The highest BCUT2D eigenvalue weighted by molar-refractivity contribution is 6.00. The number of aliphatic hydroxyl groups excluding tert-OH is 1. The summed E-state index contributed by atoms with van der Waals surface area (Å²) in [7, 11) is 0. The summed E-state index contributed by atoms with van der Waals surface area (Å²) in [5, 5.41) is 17.1. The van der Waals surface area contributed by atoms with Crippen LogP contribution in [0.25, 0.3) is 0 Å². The van der Waals surface area contributed by atoms with Gasteiger partial charge in [0.2, 0.25) is 17.7 Å². The van der Waals surface area contributed by atoms with Crippen LogP contribution < -0.4 is 10.6 Å². The number of nitrogens with zero attached hydrogens (tertiary/aromatic N) is 2. The third-order valence-electron chi connectivity index (χ3n) is 9.85. The Kier molecular flexibility index (Phi) is 10.9. The molecule has 3 saturated heterocycles. The van der Waals surface area contributed by atoms with Crippen LogP contribution in [0.4, 0.5) is 5.69 Å². The second-order valence-electron chi connectivity index (χ2n) is 13.4. The SMILES string of the molecule is CCCCN1C(=O)[C@@H]([C@H](O)C2CCOCC2)NC(=O)C12CCN(Cc1ccc(Cc3ccc(NC(=O)C(C)C)cc3)cc1)CC2. The van der Waals surface area contributed by atoms with Gasteiger partial charge in [0.25, 0.3) is 0 Å². The number of nitrogens with one attached hydrogen (secondary N) is 2. The van der Waals surface area contributed by atoms with Gasteiger partial charge in [-0.3, -0.25) is 19.3 Å². The minimum Gasteiger partial charge on any atom is -0.390 e. The van der Waals surface area contributed by atoms with Gasteiger partial charge in [0.05, 0.1) is 6.10 Å². The number of carbonyl (C=O) groups is 3. The van der Waals surface area contributed by atoms with Crippen molar-refractivity contribution in [2.45, 2.75) is 89.9 Å². The van der Waals surface area contributed by atoms with E-state index < -0.39 is 17.7 Å². The molecule has 3 heterocycles. The Balaban J connectivity index is 1.17. The number of aliphatic hydroxyl groups is 1. The van der Waals surface area contributed by atoms with Gasteiger partial charge in [-0.05, 0) is 73.3 Å². The molecule has 0 bridgehead atoms. The van der Waals surface area contributed by atoms with E-state index in [1.54, 1.807) is 0 Å². The van der Waals surface area contributed by atoms with E-state index in [1.165, 1.54) is 16.7 Å². The zero-order valence-electron chi connectivity index (χ0n) is 27.1. The van der Waals surface area contributed by atoms with E-state index in [-0.39, 0.29) is 29.6 Å². The molecule has 0 saturated carbocycles. The van der Waals surface area contributed by atoms with Crippen molar-refractivity contribution in [3.8, 4) is 0 Å². The Morgan fingerprint density at radius 1 is 1.00 bits per heavy atom. The number of carbonyl (C=O) groups excluding carboxylic acids is 3. The lowest BCUT2D eigenvalue weighted by Crippen LogP contribution is -2.75. The van der Waals surface area contributed by atoms with Gasteiger partial charge in [0.15, 0.2) is 0 Å².